The third-order valence-electron chi connectivity index (χ3n) is 3.76. The number of carbonyl (C=O) groups is 2. The van der Waals surface area contributed by atoms with Crippen LogP contribution in [0.2, 0.25) is 0 Å². The van der Waals surface area contributed by atoms with E-state index in [2.05, 4.69) is 10.3 Å². The fourth-order valence-electron chi connectivity index (χ4n) is 2.57. The Labute approximate surface area is 133 Å². The van der Waals surface area contributed by atoms with E-state index in [9.17, 15) is 9.59 Å². The molecule has 1 atom stereocenters. The van der Waals surface area contributed by atoms with Gasteiger partial charge < -0.3 is 10.2 Å². The summed E-state index contributed by atoms with van der Waals surface area (Å²) in [4.78, 5) is 30.1. The Morgan fingerprint density at radius 1 is 1.30 bits per heavy atom. The predicted octanol–water partition coefficient (Wildman–Crippen LogP) is 1.94. The van der Waals surface area contributed by atoms with Gasteiger partial charge in [-0.3, -0.25) is 14.6 Å². The molecule has 2 amide bonds. The average molecular weight is 306 g/mol. The standard InChI is InChI=1S/C17H14N4O2/c18-9-12-4-1-2-6-15(12)20-17(23)13-8-16(22)21(11-13)14-5-3-7-19-10-14/h1-7,10,13H,8,11H2,(H,20,23). The number of anilines is 2. The SMILES string of the molecule is N#Cc1ccccc1NC(=O)C1CC(=O)N(c2cccnc2)C1. The second kappa shape index (κ2) is 6.28. The van der Waals surface area contributed by atoms with Crippen LogP contribution in [0.3, 0.4) is 0 Å². The van der Waals surface area contributed by atoms with Crippen LogP contribution in [-0.2, 0) is 9.59 Å². The van der Waals surface area contributed by atoms with Crippen LogP contribution >= 0.6 is 0 Å². The molecule has 2 heterocycles. The molecule has 0 spiro atoms. The molecule has 0 radical (unpaired) electrons. The van der Waals surface area contributed by atoms with Gasteiger partial charge in [0.1, 0.15) is 6.07 Å². The monoisotopic (exact) mass is 306 g/mol. The van der Waals surface area contributed by atoms with E-state index in [0.29, 0.717) is 23.5 Å². The number of amides is 2. The molecule has 1 N–H and O–H groups in total. The molecule has 6 nitrogen and oxygen atoms in total. The van der Waals surface area contributed by atoms with Gasteiger partial charge in [-0.25, -0.2) is 0 Å². The summed E-state index contributed by atoms with van der Waals surface area (Å²) in [6.45, 7) is 0.311. The first kappa shape index (κ1) is 14.7. The summed E-state index contributed by atoms with van der Waals surface area (Å²) in [6, 6.07) is 12.4. The van der Waals surface area contributed by atoms with Gasteiger partial charge in [0.15, 0.2) is 0 Å². The number of nitrogens with zero attached hydrogens (tertiary/aromatic N) is 3. The number of para-hydroxylation sites is 1. The summed E-state index contributed by atoms with van der Waals surface area (Å²) in [5.41, 5.74) is 1.55. The van der Waals surface area contributed by atoms with Gasteiger partial charge >= 0.3 is 0 Å². The summed E-state index contributed by atoms with van der Waals surface area (Å²) in [5, 5.41) is 11.8. The molecule has 1 unspecified atom stereocenters. The van der Waals surface area contributed by atoms with Gasteiger partial charge in [-0.1, -0.05) is 12.1 Å². The average Bonchev–Trinajstić information content (AvgIpc) is 2.98. The Morgan fingerprint density at radius 3 is 2.87 bits per heavy atom. The summed E-state index contributed by atoms with van der Waals surface area (Å²) in [5.74, 6) is -0.811. The highest BCUT2D eigenvalue weighted by Gasteiger charge is 2.35. The summed E-state index contributed by atoms with van der Waals surface area (Å²) in [6.07, 6.45) is 3.38. The van der Waals surface area contributed by atoms with Crippen LogP contribution in [0.15, 0.2) is 48.8 Å². The molecule has 114 valence electrons. The lowest BCUT2D eigenvalue weighted by Gasteiger charge is -2.16. The zero-order valence-electron chi connectivity index (χ0n) is 12.3. The van der Waals surface area contributed by atoms with Crippen LogP contribution in [0.4, 0.5) is 11.4 Å². The Morgan fingerprint density at radius 2 is 2.13 bits per heavy atom. The third-order valence-corrected chi connectivity index (χ3v) is 3.76. The van der Waals surface area contributed by atoms with Crippen LogP contribution < -0.4 is 10.2 Å². The Bertz CT molecular complexity index is 783. The second-order valence-electron chi connectivity index (χ2n) is 5.26. The van der Waals surface area contributed by atoms with Crippen molar-refractivity contribution in [1.29, 1.82) is 5.26 Å². The zero-order chi connectivity index (χ0) is 16.2. The van der Waals surface area contributed by atoms with Gasteiger partial charge in [0, 0.05) is 19.2 Å². The van der Waals surface area contributed by atoms with Gasteiger partial charge in [0.05, 0.1) is 29.1 Å². The summed E-state index contributed by atoms with van der Waals surface area (Å²) < 4.78 is 0. The molecule has 1 saturated heterocycles. The minimum absolute atomic E-state index is 0.105. The maximum Gasteiger partial charge on any atom is 0.229 e. The Balaban J connectivity index is 1.72. The lowest BCUT2D eigenvalue weighted by molar-refractivity contribution is -0.122. The minimum Gasteiger partial charge on any atom is -0.325 e. The number of nitrogens with one attached hydrogen (secondary N) is 1. The van der Waals surface area contributed by atoms with Gasteiger partial charge in [-0.2, -0.15) is 5.26 Å². The van der Waals surface area contributed by atoms with E-state index >= 15 is 0 Å². The lowest BCUT2D eigenvalue weighted by Crippen LogP contribution is -2.28. The highest BCUT2D eigenvalue weighted by Crippen LogP contribution is 2.25. The smallest absolute Gasteiger partial charge is 0.229 e. The third kappa shape index (κ3) is 3.04. The summed E-state index contributed by atoms with van der Waals surface area (Å²) in [7, 11) is 0. The molecule has 6 heteroatoms. The number of pyridine rings is 1. The molecule has 1 aromatic carbocycles. The number of carbonyl (C=O) groups excluding carboxylic acids is 2. The number of hydrogen-bond acceptors (Lipinski definition) is 4. The molecule has 2 aromatic rings. The van der Waals surface area contributed by atoms with Crippen molar-refractivity contribution in [2.75, 3.05) is 16.8 Å². The number of rotatable bonds is 3. The molecule has 1 aliphatic rings. The van der Waals surface area contributed by atoms with Crippen molar-refractivity contribution in [3.8, 4) is 6.07 Å². The van der Waals surface area contributed by atoms with Crippen LogP contribution in [0.5, 0.6) is 0 Å². The van der Waals surface area contributed by atoms with E-state index in [1.54, 1.807) is 53.7 Å². The largest absolute Gasteiger partial charge is 0.325 e. The van der Waals surface area contributed by atoms with Crippen molar-refractivity contribution in [1.82, 2.24) is 4.98 Å². The van der Waals surface area contributed by atoms with Crippen molar-refractivity contribution in [3.05, 3.63) is 54.4 Å². The Hall–Kier alpha value is -3.20. The van der Waals surface area contributed by atoms with E-state index < -0.39 is 5.92 Å². The highest BCUT2D eigenvalue weighted by molar-refractivity contribution is 6.03. The lowest BCUT2D eigenvalue weighted by atomic mass is 10.1. The van der Waals surface area contributed by atoms with Gasteiger partial charge in [0.25, 0.3) is 0 Å². The van der Waals surface area contributed by atoms with Crippen molar-refractivity contribution < 1.29 is 9.59 Å². The summed E-state index contributed by atoms with van der Waals surface area (Å²) >= 11 is 0. The van der Waals surface area contributed by atoms with E-state index in [0.717, 1.165) is 0 Å². The molecule has 0 aliphatic carbocycles. The van der Waals surface area contributed by atoms with Crippen LogP contribution in [-0.4, -0.2) is 23.3 Å². The molecular formula is C17H14N4O2. The molecule has 0 bridgehead atoms. The first-order valence-electron chi connectivity index (χ1n) is 7.19. The Kier molecular flexibility index (Phi) is 4.02. The number of nitriles is 1. The molecule has 3 rings (SSSR count). The zero-order valence-corrected chi connectivity index (χ0v) is 12.3. The number of hydrogen-bond donors (Lipinski definition) is 1. The number of benzene rings is 1. The quantitative estimate of drug-likeness (QED) is 0.939. The molecule has 0 saturated carbocycles. The van der Waals surface area contributed by atoms with Gasteiger partial charge in [0.2, 0.25) is 11.8 Å². The first-order chi connectivity index (χ1) is 11.2. The van der Waals surface area contributed by atoms with Crippen molar-refractivity contribution >= 4 is 23.2 Å². The van der Waals surface area contributed by atoms with Crippen molar-refractivity contribution in [2.24, 2.45) is 5.92 Å². The molecule has 1 aliphatic heterocycles. The van der Waals surface area contributed by atoms with Gasteiger partial charge in [-0.15, -0.1) is 0 Å². The van der Waals surface area contributed by atoms with E-state index in [4.69, 9.17) is 5.26 Å². The maximum absolute atomic E-state index is 12.4. The first-order valence-corrected chi connectivity index (χ1v) is 7.19. The fourth-order valence-corrected chi connectivity index (χ4v) is 2.57. The van der Waals surface area contributed by atoms with Crippen molar-refractivity contribution in [2.45, 2.75) is 6.42 Å². The topological polar surface area (TPSA) is 86.1 Å². The molecule has 1 aromatic heterocycles. The van der Waals surface area contributed by atoms with E-state index in [1.807, 2.05) is 6.07 Å². The van der Waals surface area contributed by atoms with Gasteiger partial charge in [-0.05, 0) is 24.3 Å². The fraction of sp³-hybridized carbons (Fsp3) is 0.176. The van der Waals surface area contributed by atoms with Crippen LogP contribution in [0.1, 0.15) is 12.0 Å². The molecular weight excluding hydrogens is 292 g/mol. The second-order valence-corrected chi connectivity index (χ2v) is 5.26. The maximum atomic E-state index is 12.4. The predicted molar refractivity (Wildman–Crippen MR) is 84.5 cm³/mol. The highest BCUT2D eigenvalue weighted by atomic mass is 16.2. The van der Waals surface area contributed by atoms with Crippen LogP contribution in [0, 0.1) is 17.2 Å². The van der Waals surface area contributed by atoms with Crippen LogP contribution in [0.25, 0.3) is 0 Å². The number of aromatic nitrogens is 1. The molecule has 23 heavy (non-hydrogen) atoms. The van der Waals surface area contributed by atoms with Crippen molar-refractivity contribution in [3.63, 3.8) is 0 Å². The van der Waals surface area contributed by atoms with E-state index in [-0.39, 0.29) is 18.2 Å². The van der Waals surface area contributed by atoms with E-state index in [1.165, 1.54) is 0 Å². The minimum atomic E-state index is -0.450. The normalized spacial score (nSPS) is 16.9. The molecule has 1 fully saturated rings.